The Hall–Kier alpha value is -2.69. The highest BCUT2D eigenvalue weighted by molar-refractivity contribution is 7.25. The lowest BCUT2D eigenvalue weighted by atomic mass is 9.87. The van der Waals surface area contributed by atoms with Gasteiger partial charge in [0.2, 0.25) is 5.91 Å². The molecule has 0 unspecified atom stereocenters. The fourth-order valence-corrected chi connectivity index (χ4v) is 5.77. The van der Waals surface area contributed by atoms with E-state index in [9.17, 15) is 9.59 Å². The molecule has 5 rings (SSSR count). The highest BCUT2D eigenvalue weighted by Crippen LogP contribution is 2.41. The lowest BCUT2D eigenvalue weighted by molar-refractivity contribution is -0.116. The first-order chi connectivity index (χ1) is 15.2. The van der Waals surface area contributed by atoms with Crippen LogP contribution in [0.15, 0.2) is 22.7 Å². The molecule has 0 atom stereocenters. The maximum Gasteiger partial charge on any atom is 0.271 e. The zero-order valence-corrected chi connectivity index (χ0v) is 19.9. The Labute approximate surface area is 192 Å². The average Bonchev–Trinajstić information content (AvgIpc) is 3.36. The van der Waals surface area contributed by atoms with E-state index < -0.39 is 0 Å². The highest BCUT2D eigenvalue weighted by atomic mass is 32.1. The Bertz CT molecular complexity index is 1400. The van der Waals surface area contributed by atoms with Crippen molar-refractivity contribution in [1.82, 2.24) is 19.5 Å². The summed E-state index contributed by atoms with van der Waals surface area (Å²) in [6.07, 6.45) is 3.79. The van der Waals surface area contributed by atoms with E-state index in [1.807, 2.05) is 0 Å². The summed E-state index contributed by atoms with van der Waals surface area (Å²) in [7, 11) is 0. The van der Waals surface area contributed by atoms with Crippen LogP contribution in [0.25, 0.3) is 20.4 Å². The Balaban J connectivity index is 1.63. The summed E-state index contributed by atoms with van der Waals surface area (Å²) in [5.74, 6) is -0.0804. The number of carbonyl (C=O) groups excluding carboxylic acids is 1. The molecule has 4 aromatic rings. The Kier molecular flexibility index (Phi) is 5.11. The molecule has 0 bridgehead atoms. The minimum absolute atomic E-state index is 0.126. The molecule has 0 saturated heterocycles. The van der Waals surface area contributed by atoms with Crippen molar-refractivity contribution in [2.75, 3.05) is 5.32 Å². The van der Waals surface area contributed by atoms with Gasteiger partial charge in [0.1, 0.15) is 16.1 Å². The maximum absolute atomic E-state index is 13.2. The molecule has 0 spiro atoms. The van der Waals surface area contributed by atoms with Gasteiger partial charge in [-0.25, -0.2) is 15.0 Å². The summed E-state index contributed by atoms with van der Waals surface area (Å²) in [4.78, 5) is 40.0. The molecule has 5 heterocycles. The second kappa shape index (κ2) is 7.72. The zero-order chi connectivity index (χ0) is 22.6. The van der Waals surface area contributed by atoms with Crippen molar-refractivity contribution < 1.29 is 9.53 Å². The highest BCUT2D eigenvalue weighted by Gasteiger charge is 2.32. The normalized spacial score (nSPS) is 15.4. The fraction of sp³-hybridized carbons (Fsp3) is 0.409. The summed E-state index contributed by atoms with van der Waals surface area (Å²) < 4.78 is 7.93. The van der Waals surface area contributed by atoms with Crippen molar-refractivity contribution in [3.8, 4) is 0 Å². The van der Waals surface area contributed by atoms with Gasteiger partial charge in [0, 0.05) is 28.9 Å². The number of fused-ring (bicyclic) bond motifs is 5. The maximum atomic E-state index is 13.2. The molecule has 0 radical (unpaired) electrons. The molecular formula is C22H23N5O3S2. The molecule has 0 aromatic carbocycles. The standard InChI is InChI=1S/C22H23N5O3S2/c1-11(2)16-13-9-30-22(3,4)7-12(13)15-17-18(32-19(15)26-16)20(29)27(10-24-17)8-14(28)25-21-23-5-6-31-21/h5-6,10-11H,7-9H2,1-4H3,(H,23,25,28). The second-order valence-electron chi connectivity index (χ2n) is 8.86. The van der Waals surface area contributed by atoms with E-state index in [0.29, 0.717) is 22.0 Å². The third-order valence-electron chi connectivity index (χ3n) is 5.59. The number of hydrogen-bond donors (Lipinski definition) is 1. The topological polar surface area (TPSA) is 99.0 Å². The van der Waals surface area contributed by atoms with Crippen LogP contribution in [0.1, 0.15) is 50.4 Å². The van der Waals surface area contributed by atoms with Gasteiger partial charge in [-0.15, -0.1) is 22.7 Å². The summed E-state index contributed by atoms with van der Waals surface area (Å²) in [5.41, 5.74) is 3.42. The van der Waals surface area contributed by atoms with Crippen molar-refractivity contribution in [3.63, 3.8) is 0 Å². The number of anilines is 1. The first kappa shape index (κ1) is 21.2. The van der Waals surface area contributed by atoms with Gasteiger partial charge >= 0.3 is 0 Å². The SMILES string of the molecule is CC(C)c1nc2sc3c(=O)n(CC(=O)Nc4nccs4)cnc3c2c2c1COC(C)(C)C2. The molecule has 10 heteroatoms. The van der Waals surface area contributed by atoms with E-state index in [4.69, 9.17) is 9.72 Å². The van der Waals surface area contributed by atoms with Crippen LogP contribution in [0.2, 0.25) is 0 Å². The molecule has 0 fully saturated rings. The first-order valence-electron chi connectivity index (χ1n) is 10.4. The first-order valence-corrected chi connectivity index (χ1v) is 12.1. The largest absolute Gasteiger partial charge is 0.370 e. The number of carbonyl (C=O) groups is 1. The van der Waals surface area contributed by atoms with Crippen LogP contribution in [-0.4, -0.2) is 31.0 Å². The van der Waals surface area contributed by atoms with Crippen molar-refractivity contribution in [2.24, 2.45) is 0 Å². The molecule has 1 aliphatic rings. The van der Waals surface area contributed by atoms with Crippen LogP contribution in [-0.2, 0) is 29.1 Å². The van der Waals surface area contributed by atoms with Crippen molar-refractivity contribution in [3.05, 3.63) is 45.1 Å². The smallest absolute Gasteiger partial charge is 0.271 e. The van der Waals surface area contributed by atoms with Gasteiger partial charge in [0.15, 0.2) is 5.13 Å². The van der Waals surface area contributed by atoms with E-state index in [1.165, 1.54) is 39.1 Å². The number of amides is 1. The van der Waals surface area contributed by atoms with E-state index in [0.717, 1.165) is 27.9 Å². The minimum Gasteiger partial charge on any atom is -0.370 e. The van der Waals surface area contributed by atoms with Crippen LogP contribution in [0.4, 0.5) is 5.13 Å². The predicted octanol–water partition coefficient (Wildman–Crippen LogP) is 4.08. The van der Waals surface area contributed by atoms with E-state index in [-0.39, 0.29) is 29.5 Å². The summed E-state index contributed by atoms with van der Waals surface area (Å²) in [6.45, 7) is 8.77. The molecule has 8 nitrogen and oxygen atoms in total. The van der Waals surface area contributed by atoms with Crippen LogP contribution >= 0.6 is 22.7 Å². The van der Waals surface area contributed by atoms with Gasteiger partial charge in [-0.3, -0.25) is 14.2 Å². The fourth-order valence-electron chi connectivity index (χ4n) is 4.11. The van der Waals surface area contributed by atoms with Crippen molar-refractivity contribution in [1.29, 1.82) is 0 Å². The Morgan fingerprint density at radius 1 is 1.31 bits per heavy atom. The van der Waals surface area contributed by atoms with Gasteiger partial charge in [-0.05, 0) is 25.3 Å². The van der Waals surface area contributed by atoms with Crippen LogP contribution in [0.3, 0.4) is 0 Å². The number of rotatable bonds is 4. The van der Waals surface area contributed by atoms with Crippen molar-refractivity contribution >= 4 is 54.1 Å². The van der Waals surface area contributed by atoms with Crippen LogP contribution in [0.5, 0.6) is 0 Å². The third kappa shape index (κ3) is 3.62. The lowest BCUT2D eigenvalue weighted by Gasteiger charge is -2.33. The molecule has 32 heavy (non-hydrogen) atoms. The molecular weight excluding hydrogens is 446 g/mol. The number of ether oxygens (including phenoxy) is 1. The second-order valence-corrected chi connectivity index (χ2v) is 10.8. The average molecular weight is 470 g/mol. The number of thiophene rings is 1. The number of nitrogens with one attached hydrogen (secondary N) is 1. The molecule has 166 valence electrons. The Morgan fingerprint density at radius 3 is 2.84 bits per heavy atom. The van der Waals surface area contributed by atoms with Gasteiger partial charge in [-0.2, -0.15) is 0 Å². The Morgan fingerprint density at radius 2 is 2.12 bits per heavy atom. The minimum atomic E-state index is -0.319. The molecule has 1 N–H and O–H groups in total. The lowest BCUT2D eigenvalue weighted by Crippen LogP contribution is -2.33. The molecule has 0 aliphatic carbocycles. The van der Waals surface area contributed by atoms with E-state index in [2.05, 4.69) is 43.0 Å². The van der Waals surface area contributed by atoms with Crippen LogP contribution < -0.4 is 10.9 Å². The molecule has 1 aliphatic heterocycles. The molecule has 0 saturated carbocycles. The molecule has 1 amide bonds. The van der Waals surface area contributed by atoms with E-state index >= 15 is 0 Å². The number of aromatic nitrogens is 4. The third-order valence-corrected chi connectivity index (χ3v) is 7.34. The zero-order valence-electron chi connectivity index (χ0n) is 18.3. The number of nitrogens with zero attached hydrogens (tertiary/aromatic N) is 4. The van der Waals surface area contributed by atoms with Gasteiger partial charge in [0.05, 0.1) is 29.7 Å². The van der Waals surface area contributed by atoms with Gasteiger partial charge in [-0.1, -0.05) is 13.8 Å². The molecule has 4 aromatic heterocycles. The number of thiazole rings is 1. The van der Waals surface area contributed by atoms with Crippen molar-refractivity contribution in [2.45, 2.75) is 58.8 Å². The van der Waals surface area contributed by atoms with Crippen LogP contribution in [0, 0.1) is 0 Å². The predicted molar refractivity (Wildman–Crippen MR) is 127 cm³/mol. The number of hydrogen-bond acceptors (Lipinski definition) is 8. The number of pyridine rings is 1. The summed E-state index contributed by atoms with van der Waals surface area (Å²) in [6, 6.07) is 0. The quantitative estimate of drug-likeness (QED) is 0.484. The summed E-state index contributed by atoms with van der Waals surface area (Å²) >= 11 is 2.68. The van der Waals surface area contributed by atoms with E-state index in [1.54, 1.807) is 11.6 Å². The summed E-state index contributed by atoms with van der Waals surface area (Å²) in [5, 5.41) is 5.92. The van der Waals surface area contributed by atoms with Gasteiger partial charge in [0.25, 0.3) is 5.56 Å². The van der Waals surface area contributed by atoms with Gasteiger partial charge < -0.3 is 10.1 Å². The monoisotopic (exact) mass is 469 g/mol.